The Kier molecular flexibility index (Phi) is 1.31. The molecule has 0 spiro atoms. The van der Waals surface area contributed by atoms with E-state index in [9.17, 15) is 0 Å². The number of hydrogen-bond donors (Lipinski definition) is 1. The Morgan fingerprint density at radius 2 is 2.12 bits per heavy atom. The fourth-order valence-corrected chi connectivity index (χ4v) is 1.22. The van der Waals surface area contributed by atoms with Crippen molar-refractivity contribution < 1.29 is 5.11 Å². The van der Waals surface area contributed by atoms with E-state index in [1.807, 2.05) is 0 Å². The Balaban J connectivity index is 2.17. The van der Waals surface area contributed by atoms with E-state index in [1.165, 1.54) is 6.42 Å². The van der Waals surface area contributed by atoms with Crippen LogP contribution in [0.25, 0.3) is 0 Å². The van der Waals surface area contributed by atoms with E-state index in [1.54, 1.807) is 0 Å². The van der Waals surface area contributed by atoms with E-state index in [-0.39, 0.29) is 0 Å². The van der Waals surface area contributed by atoms with Gasteiger partial charge in [0, 0.05) is 6.61 Å². The summed E-state index contributed by atoms with van der Waals surface area (Å²) in [6, 6.07) is 0. The van der Waals surface area contributed by atoms with E-state index >= 15 is 0 Å². The molecule has 0 aromatic rings. The van der Waals surface area contributed by atoms with Crippen LogP contribution in [-0.2, 0) is 0 Å². The zero-order valence-electron chi connectivity index (χ0n) is 5.65. The Bertz CT molecular complexity index is 86.4. The molecule has 0 aromatic heterocycles. The van der Waals surface area contributed by atoms with E-state index in [0.717, 1.165) is 12.3 Å². The molecule has 0 bridgehead atoms. The fraction of sp³-hybridized carbons (Fsp3) is 1.00. The minimum absolute atomic E-state index is 0.369. The third-order valence-corrected chi connectivity index (χ3v) is 2.20. The number of hydrogen-bond acceptors (Lipinski definition) is 1. The first kappa shape index (κ1) is 6.09. The lowest BCUT2D eigenvalue weighted by Crippen LogP contribution is -1.92. The van der Waals surface area contributed by atoms with Gasteiger partial charge in [0.05, 0.1) is 0 Å². The Morgan fingerprint density at radius 1 is 1.62 bits per heavy atom. The highest BCUT2D eigenvalue weighted by Gasteiger charge is 2.44. The molecule has 0 amide bonds. The minimum atomic E-state index is 0.369. The molecule has 0 aromatic carbocycles. The van der Waals surface area contributed by atoms with Crippen LogP contribution < -0.4 is 0 Å². The lowest BCUT2D eigenvalue weighted by molar-refractivity contribution is 0.272. The highest BCUT2D eigenvalue weighted by molar-refractivity contribution is 4.94. The van der Waals surface area contributed by atoms with E-state index in [4.69, 9.17) is 5.11 Å². The van der Waals surface area contributed by atoms with Crippen LogP contribution in [0.15, 0.2) is 0 Å². The Hall–Kier alpha value is -0.0400. The third-order valence-electron chi connectivity index (χ3n) is 2.20. The van der Waals surface area contributed by atoms with Crippen molar-refractivity contribution in [3.63, 3.8) is 0 Å². The summed E-state index contributed by atoms with van der Waals surface area (Å²) in [5.41, 5.74) is 0.558. The predicted octanol–water partition coefficient (Wildman–Crippen LogP) is 1.41. The predicted molar refractivity (Wildman–Crippen MR) is 33.6 cm³/mol. The van der Waals surface area contributed by atoms with Gasteiger partial charge in [-0.1, -0.05) is 13.8 Å². The average molecular weight is 114 g/mol. The molecule has 8 heavy (non-hydrogen) atoms. The topological polar surface area (TPSA) is 20.2 Å². The second kappa shape index (κ2) is 1.73. The smallest absolute Gasteiger partial charge is 0.0433 e. The maximum atomic E-state index is 8.51. The van der Waals surface area contributed by atoms with Crippen molar-refractivity contribution in [2.24, 2.45) is 11.3 Å². The van der Waals surface area contributed by atoms with Crippen molar-refractivity contribution in [2.45, 2.75) is 26.7 Å². The van der Waals surface area contributed by atoms with Crippen molar-refractivity contribution >= 4 is 0 Å². The van der Waals surface area contributed by atoms with Crippen LogP contribution in [0, 0.1) is 11.3 Å². The van der Waals surface area contributed by atoms with Gasteiger partial charge in [0.1, 0.15) is 0 Å². The molecule has 1 nitrogen and oxygen atoms in total. The van der Waals surface area contributed by atoms with Crippen LogP contribution in [0.5, 0.6) is 0 Å². The molecular weight excluding hydrogens is 100 g/mol. The summed E-state index contributed by atoms with van der Waals surface area (Å²) in [7, 11) is 0. The summed E-state index contributed by atoms with van der Waals surface area (Å²) in [4.78, 5) is 0. The molecular formula is C7H14O. The molecule has 0 aliphatic heterocycles. The van der Waals surface area contributed by atoms with E-state index < -0.39 is 0 Å². The van der Waals surface area contributed by atoms with E-state index in [0.29, 0.717) is 12.0 Å². The number of aliphatic hydroxyl groups is 1. The maximum Gasteiger partial charge on any atom is 0.0433 e. The first-order valence-electron chi connectivity index (χ1n) is 3.27. The molecule has 0 heterocycles. The zero-order valence-corrected chi connectivity index (χ0v) is 5.65. The Morgan fingerprint density at radius 3 is 2.25 bits per heavy atom. The van der Waals surface area contributed by atoms with Gasteiger partial charge in [-0.25, -0.2) is 0 Å². The molecule has 1 aliphatic carbocycles. The number of rotatable bonds is 2. The average Bonchev–Trinajstić information content (AvgIpc) is 2.15. The van der Waals surface area contributed by atoms with Gasteiger partial charge < -0.3 is 5.11 Å². The van der Waals surface area contributed by atoms with Gasteiger partial charge in [-0.2, -0.15) is 0 Å². The summed E-state index contributed by atoms with van der Waals surface area (Å²) in [5, 5.41) is 8.51. The largest absolute Gasteiger partial charge is 0.396 e. The van der Waals surface area contributed by atoms with Crippen LogP contribution in [-0.4, -0.2) is 11.7 Å². The highest BCUT2D eigenvalue weighted by Crippen LogP contribution is 2.53. The quantitative estimate of drug-likeness (QED) is 0.575. The molecule has 1 atom stereocenters. The first-order valence-corrected chi connectivity index (χ1v) is 3.27. The summed E-state index contributed by atoms with van der Waals surface area (Å²) in [5.74, 6) is 0.812. The van der Waals surface area contributed by atoms with Crippen LogP contribution in [0.2, 0.25) is 0 Å². The van der Waals surface area contributed by atoms with Gasteiger partial charge in [0.25, 0.3) is 0 Å². The second-order valence-corrected chi connectivity index (χ2v) is 3.40. The summed E-state index contributed by atoms with van der Waals surface area (Å²) in [6.45, 7) is 4.88. The molecule has 1 rings (SSSR count). The fourth-order valence-electron chi connectivity index (χ4n) is 1.22. The molecule has 1 aliphatic rings. The maximum absolute atomic E-state index is 8.51. The normalized spacial score (nSPS) is 32.6. The standard InChI is InChI=1S/C7H14O/c1-7(2)5-6(7)3-4-8/h6,8H,3-5H2,1-2H3/t6-/m1/s1. The van der Waals surface area contributed by atoms with Crippen molar-refractivity contribution in [1.29, 1.82) is 0 Å². The highest BCUT2D eigenvalue weighted by atomic mass is 16.3. The summed E-state index contributed by atoms with van der Waals surface area (Å²) >= 11 is 0. The minimum Gasteiger partial charge on any atom is -0.396 e. The van der Waals surface area contributed by atoms with Gasteiger partial charge in [-0.05, 0) is 24.2 Å². The summed E-state index contributed by atoms with van der Waals surface area (Å²) < 4.78 is 0. The third kappa shape index (κ3) is 1.03. The lowest BCUT2D eigenvalue weighted by atomic mass is 10.1. The SMILES string of the molecule is CC1(C)C[C@H]1CCO. The van der Waals surface area contributed by atoms with Crippen molar-refractivity contribution in [3.05, 3.63) is 0 Å². The molecule has 1 saturated carbocycles. The molecule has 0 saturated heterocycles. The molecule has 1 N–H and O–H groups in total. The van der Waals surface area contributed by atoms with Gasteiger partial charge >= 0.3 is 0 Å². The van der Waals surface area contributed by atoms with E-state index in [2.05, 4.69) is 13.8 Å². The zero-order chi connectivity index (χ0) is 6.20. The van der Waals surface area contributed by atoms with Crippen LogP contribution in [0.1, 0.15) is 26.7 Å². The first-order chi connectivity index (χ1) is 3.67. The van der Waals surface area contributed by atoms with Gasteiger partial charge in [0.2, 0.25) is 0 Å². The number of aliphatic hydroxyl groups excluding tert-OH is 1. The van der Waals surface area contributed by atoms with Gasteiger partial charge in [0.15, 0.2) is 0 Å². The van der Waals surface area contributed by atoms with Gasteiger partial charge in [-0.3, -0.25) is 0 Å². The van der Waals surface area contributed by atoms with Crippen molar-refractivity contribution in [3.8, 4) is 0 Å². The lowest BCUT2D eigenvalue weighted by Gasteiger charge is -1.97. The second-order valence-electron chi connectivity index (χ2n) is 3.40. The molecule has 0 radical (unpaired) electrons. The molecule has 0 unspecified atom stereocenters. The molecule has 1 fully saturated rings. The molecule has 48 valence electrons. The van der Waals surface area contributed by atoms with Crippen molar-refractivity contribution in [2.75, 3.05) is 6.61 Å². The molecule has 1 heteroatoms. The van der Waals surface area contributed by atoms with Crippen LogP contribution >= 0.6 is 0 Å². The monoisotopic (exact) mass is 114 g/mol. The summed E-state index contributed by atoms with van der Waals surface area (Å²) in [6.07, 6.45) is 2.32. The van der Waals surface area contributed by atoms with Crippen LogP contribution in [0.4, 0.5) is 0 Å². The Labute approximate surface area is 50.7 Å². The van der Waals surface area contributed by atoms with Crippen molar-refractivity contribution in [1.82, 2.24) is 0 Å². The van der Waals surface area contributed by atoms with Crippen LogP contribution in [0.3, 0.4) is 0 Å². The van der Waals surface area contributed by atoms with Gasteiger partial charge in [-0.15, -0.1) is 0 Å².